The Balaban J connectivity index is 1.59. The number of nitrogens with zero attached hydrogens (tertiary/aromatic N) is 4. The van der Waals surface area contributed by atoms with Crippen LogP contribution in [0.2, 0.25) is 0 Å². The molecule has 0 saturated heterocycles. The molecule has 1 aliphatic carbocycles. The third-order valence-corrected chi connectivity index (χ3v) is 5.38. The van der Waals surface area contributed by atoms with Gasteiger partial charge in [0, 0.05) is 36.3 Å². The topological polar surface area (TPSA) is 126 Å². The van der Waals surface area contributed by atoms with Crippen molar-refractivity contribution in [1.82, 2.24) is 15.0 Å². The van der Waals surface area contributed by atoms with Crippen molar-refractivity contribution in [3.8, 4) is 23.3 Å². The first-order valence-corrected chi connectivity index (χ1v) is 9.73. The van der Waals surface area contributed by atoms with Gasteiger partial charge >= 0.3 is 0 Å². The van der Waals surface area contributed by atoms with Gasteiger partial charge in [0.15, 0.2) is 5.58 Å². The van der Waals surface area contributed by atoms with Gasteiger partial charge in [-0.15, -0.1) is 0 Å². The van der Waals surface area contributed by atoms with Crippen LogP contribution < -0.4 is 15.4 Å². The molecule has 0 aliphatic heterocycles. The molecular weight excluding hydrogens is 396 g/mol. The number of amides is 1. The highest BCUT2D eigenvalue weighted by molar-refractivity contribution is 6.03. The predicted octanol–water partition coefficient (Wildman–Crippen LogP) is 3.59. The number of carbonyl (C=O) groups excluding carboxylic acids is 1. The molecule has 0 bridgehead atoms. The number of pyridine rings is 2. The van der Waals surface area contributed by atoms with E-state index in [4.69, 9.17) is 14.4 Å². The van der Waals surface area contributed by atoms with Crippen LogP contribution in [-0.2, 0) is 4.79 Å². The third kappa shape index (κ3) is 3.28. The number of fused-ring (bicyclic) bond motifs is 2. The molecule has 9 heteroatoms. The zero-order valence-corrected chi connectivity index (χ0v) is 16.8. The number of rotatable bonds is 5. The normalized spacial score (nSPS) is 17.3. The molecular formula is C22H18N6O3. The van der Waals surface area contributed by atoms with E-state index in [2.05, 4.69) is 31.7 Å². The number of methoxy groups -OCH3 is 1. The summed E-state index contributed by atoms with van der Waals surface area (Å²) in [5.74, 6) is 1.44. The van der Waals surface area contributed by atoms with Gasteiger partial charge < -0.3 is 19.8 Å². The summed E-state index contributed by atoms with van der Waals surface area (Å²) in [6.07, 6.45) is 3.91. The van der Waals surface area contributed by atoms with E-state index in [0.29, 0.717) is 46.4 Å². The quantitative estimate of drug-likeness (QED) is 0.507. The van der Waals surface area contributed by atoms with Crippen LogP contribution >= 0.6 is 0 Å². The van der Waals surface area contributed by atoms with Crippen molar-refractivity contribution in [2.45, 2.75) is 6.42 Å². The van der Waals surface area contributed by atoms with Gasteiger partial charge in [-0.25, -0.2) is 15.0 Å². The lowest BCUT2D eigenvalue weighted by Crippen LogP contribution is -2.15. The fourth-order valence-corrected chi connectivity index (χ4v) is 3.57. The smallest absolute Gasteiger partial charge is 0.230 e. The van der Waals surface area contributed by atoms with E-state index in [1.54, 1.807) is 44.8 Å². The molecule has 1 saturated carbocycles. The van der Waals surface area contributed by atoms with Crippen molar-refractivity contribution in [3.05, 3.63) is 36.7 Å². The van der Waals surface area contributed by atoms with Crippen molar-refractivity contribution < 1.29 is 13.9 Å². The van der Waals surface area contributed by atoms with E-state index >= 15 is 0 Å². The lowest BCUT2D eigenvalue weighted by molar-refractivity contribution is -0.117. The molecule has 2 atom stereocenters. The van der Waals surface area contributed by atoms with Gasteiger partial charge in [-0.3, -0.25) is 4.79 Å². The number of aromatic nitrogens is 3. The Hall–Kier alpha value is -4.19. The van der Waals surface area contributed by atoms with Crippen LogP contribution in [0, 0.1) is 23.2 Å². The van der Waals surface area contributed by atoms with E-state index in [1.807, 2.05) is 6.07 Å². The summed E-state index contributed by atoms with van der Waals surface area (Å²) in [5.41, 5.74) is 1.96. The fourth-order valence-electron chi connectivity index (χ4n) is 3.57. The lowest BCUT2D eigenvalue weighted by atomic mass is 10.1. The zero-order valence-electron chi connectivity index (χ0n) is 16.8. The Labute approximate surface area is 177 Å². The fraction of sp³-hybridized carbons (Fsp3) is 0.227. The molecule has 2 unspecified atom stereocenters. The van der Waals surface area contributed by atoms with Gasteiger partial charge in [0.05, 0.1) is 30.6 Å². The number of benzene rings is 1. The largest absolute Gasteiger partial charge is 0.497 e. The van der Waals surface area contributed by atoms with Gasteiger partial charge in [0.25, 0.3) is 0 Å². The summed E-state index contributed by atoms with van der Waals surface area (Å²) < 4.78 is 11.2. The first-order valence-electron chi connectivity index (χ1n) is 9.73. The average molecular weight is 414 g/mol. The average Bonchev–Trinajstić information content (AvgIpc) is 3.48. The summed E-state index contributed by atoms with van der Waals surface area (Å²) in [4.78, 5) is 25.8. The van der Waals surface area contributed by atoms with Crippen molar-refractivity contribution in [2.24, 2.45) is 11.8 Å². The minimum Gasteiger partial charge on any atom is -0.497 e. The van der Waals surface area contributed by atoms with Gasteiger partial charge in [-0.05, 0) is 24.6 Å². The highest BCUT2D eigenvalue weighted by atomic mass is 16.5. The van der Waals surface area contributed by atoms with Crippen LogP contribution in [0.25, 0.3) is 33.3 Å². The highest BCUT2D eigenvalue weighted by Gasteiger charge is 2.43. The highest BCUT2D eigenvalue weighted by Crippen LogP contribution is 2.39. The maximum absolute atomic E-state index is 12.4. The van der Waals surface area contributed by atoms with Crippen molar-refractivity contribution in [3.63, 3.8) is 0 Å². The number of anilines is 2. The zero-order chi connectivity index (χ0) is 21.5. The Morgan fingerprint density at radius 1 is 1.26 bits per heavy atom. The van der Waals surface area contributed by atoms with E-state index in [-0.39, 0.29) is 17.7 Å². The molecule has 4 aromatic rings. The van der Waals surface area contributed by atoms with Gasteiger partial charge in [0.2, 0.25) is 11.8 Å². The Kier molecular flexibility index (Phi) is 4.40. The molecule has 5 rings (SSSR count). The number of hydrogen-bond donors (Lipinski definition) is 2. The first-order chi connectivity index (χ1) is 15.1. The van der Waals surface area contributed by atoms with E-state index in [0.717, 1.165) is 10.8 Å². The molecule has 0 radical (unpaired) electrons. The monoisotopic (exact) mass is 414 g/mol. The number of ether oxygens (including phenoxy) is 1. The number of hydrogen-bond acceptors (Lipinski definition) is 8. The van der Waals surface area contributed by atoms with Crippen molar-refractivity contribution >= 4 is 39.4 Å². The first kappa shape index (κ1) is 18.8. The molecule has 1 aliphatic rings. The Bertz CT molecular complexity index is 1370. The molecule has 1 fully saturated rings. The lowest BCUT2D eigenvalue weighted by Gasteiger charge is -2.10. The summed E-state index contributed by atoms with van der Waals surface area (Å²) in [7, 11) is 3.37. The van der Waals surface area contributed by atoms with Crippen LogP contribution in [0.5, 0.6) is 5.75 Å². The Morgan fingerprint density at radius 3 is 2.87 bits per heavy atom. The predicted molar refractivity (Wildman–Crippen MR) is 114 cm³/mol. The second-order valence-corrected chi connectivity index (χ2v) is 7.31. The third-order valence-electron chi connectivity index (χ3n) is 5.38. The van der Waals surface area contributed by atoms with Crippen LogP contribution in [-0.4, -0.2) is 35.0 Å². The molecule has 0 spiro atoms. The molecule has 154 valence electrons. The number of carbonyl (C=O) groups is 1. The number of oxazole rings is 1. The van der Waals surface area contributed by atoms with Gasteiger partial charge in [-0.1, -0.05) is 0 Å². The molecule has 31 heavy (non-hydrogen) atoms. The van der Waals surface area contributed by atoms with E-state index < -0.39 is 0 Å². The maximum atomic E-state index is 12.4. The Morgan fingerprint density at radius 2 is 2.13 bits per heavy atom. The van der Waals surface area contributed by atoms with E-state index in [9.17, 15) is 4.79 Å². The second-order valence-electron chi connectivity index (χ2n) is 7.31. The van der Waals surface area contributed by atoms with Crippen molar-refractivity contribution in [1.29, 1.82) is 5.26 Å². The van der Waals surface area contributed by atoms with Crippen LogP contribution in [0.4, 0.5) is 11.6 Å². The molecule has 3 aromatic heterocycles. The summed E-state index contributed by atoms with van der Waals surface area (Å²) in [5, 5.41) is 16.4. The molecule has 3 heterocycles. The summed E-state index contributed by atoms with van der Waals surface area (Å²) >= 11 is 0. The SMILES string of the molecule is CNc1ncc(-c2nc3cc(OC)ccc3o2)c2cc(NC(=O)C3CC3C#N)ncc12. The number of nitrogens with one attached hydrogen (secondary N) is 2. The van der Waals surface area contributed by atoms with Gasteiger partial charge in [-0.2, -0.15) is 5.26 Å². The molecule has 2 N–H and O–H groups in total. The molecule has 9 nitrogen and oxygen atoms in total. The maximum Gasteiger partial charge on any atom is 0.230 e. The number of nitriles is 1. The second kappa shape index (κ2) is 7.25. The van der Waals surface area contributed by atoms with E-state index in [1.165, 1.54) is 0 Å². The van der Waals surface area contributed by atoms with Gasteiger partial charge in [0.1, 0.15) is 22.9 Å². The standard InChI is InChI=1S/C22H18N6O3/c1-24-20-15-9-25-19(28-21(29)13-5-11(13)8-23)7-14(15)16(10-26-20)22-27-17-6-12(30-2)3-4-18(17)31-22/h3-4,6-7,9-11,13H,5H2,1-2H3,(H,24,26)(H,25,28,29). The molecule has 1 amide bonds. The summed E-state index contributed by atoms with van der Waals surface area (Å²) in [6.45, 7) is 0. The van der Waals surface area contributed by atoms with Crippen molar-refractivity contribution in [2.75, 3.05) is 24.8 Å². The summed E-state index contributed by atoms with van der Waals surface area (Å²) in [6, 6.07) is 9.30. The van der Waals surface area contributed by atoms with Crippen LogP contribution in [0.3, 0.4) is 0 Å². The molecule has 1 aromatic carbocycles. The minimum atomic E-state index is -0.278. The minimum absolute atomic E-state index is 0.197. The van der Waals surface area contributed by atoms with Crippen LogP contribution in [0.1, 0.15) is 6.42 Å². The van der Waals surface area contributed by atoms with Crippen LogP contribution in [0.15, 0.2) is 41.1 Å².